The Morgan fingerprint density at radius 2 is 1.96 bits per heavy atom. The predicted molar refractivity (Wildman–Crippen MR) is 92.9 cm³/mol. The van der Waals surface area contributed by atoms with Crippen molar-refractivity contribution in [2.75, 3.05) is 18.9 Å². The maximum Gasteiger partial charge on any atom is 0.243 e. The van der Waals surface area contributed by atoms with Gasteiger partial charge in [-0.2, -0.15) is 0 Å². The Bertz CT molecular complexity index is 724. The molecule has 0 radical (unpaired) electrons. The lowest BCUT2D eigenvalue weighted by Crippen LogP contribution is -2.37. The molecule has 0 bridgehead atoms. The number of carbonyl (C=O) groups is 2. The summed E-state index contributed by atoms with van der Waals surface area (Å²) in [5.74, 6) is -0.461. The summed E-state index contributed by atoms with van der Waals surface area (Å²) in [6.45, 7) is 2.02. The maximum absolute atomic E-state index is 12.0. The molecule has 0 aliphatic rings. The molecule has 6 nitrogen and oxygen atoms in total. The minimum absolute atomic E-state index is 0. The molecule has 1 aromatic carbocycles. The minimum atomic E-state index is -0.249. The Morgan fingerprint density at radius 1 is 1.30 bits per heavy atom. The number of hydrogen-bond acceptors (Lipinski definition) is 4. The van der Waals surface area contributed by atoms with E-state index in [4.69, 9.17) is 5.41 Å². The summed E-state index contributed by atoms with van der Waals surface area (Å²) in [6.07, 6.45) is 1.69. The van der Waals surface area contributed by atoms with Gasteiger partial charge in [-0.05, 0) is 19.1 Å². The van der Waals surface area contributed by atoms with Crippen molar-refractivity contribution >= 4 is 41.2 Å². The minimum Gasteiger partial charge on any atom is -0.335 e. The molecule has 1 heterocycles. The van der Waals surface area contributed by atoms with Crippen LogP contribution in [0.5, 0.6) is 0 Å². The molecule has 0 aliphatic carbocycles. The van der Waals surface area contributed by atoms with Crippen LogP contribution in [0.3, 0.4) is 0 Å². The van der Waals surface area contributed by atoms with Crippen molar-refractivity contribution in [3.05, 3.63) is 46.2 Å². The van der Waals surface area contributed by atoms with Crippen molar-refractivity contribution in [1.82, 2.24) is 9.47 Å². The molecular weight excluding hydrogens is 336 g/mol. The van der Waals surface area contributed by atoms with E-state index in [9.17, 15) is 9.59 Å². The Hall–Kier alpha value is -2.12. The normalized spacial score (nSPS) is 9.83. The van der Waals surface area contributed by atoms with Gasteiger partial charge < -0.3 is 14.8 Å². The zero-order chi connectivity index (χ0) is 16.1. The highest BCUT2D eigenvalue weighted by molar-refractivity contribution is 7.06. The standard InChI is InChI=1S/C15H18N4O2S.ClH/c1-11-3-5-12(6-4-11)17-13(20)9-18(2)14(21)10-19-7-8-22-15(19)16;/h3-8,16H,9-10H2,1-2H3,(H,17,20);1H. The lowest BCUT2D eigenvalue weighted by Gasteiger charge is -2.17. The van der Waals surface area contributed by atoms with Gasteiger partial charge in [-0.3, -0.25) is 15.0 Å². The van der Waals surface area contributed by atoms with E-state index in [2.05, 4.69) is 5.32 Å². The SMILES string of the molecule is Cc1ccc(NC(=O)CN(C)C(=O)Cn2ccsc2=N)cc1.Cl. The van der Waals surface area contributed by atoms with E-state index in [0.29, 0.717) is 10.5 Å². The number of benzene rings is 1. The lowest BCUT2D eigenvalue weighted by atomic mass is 10.2. The van der Waals surface area contributed by atoms with Crippen LogP contribution in [0.25, 0.3) is 0 Å². The van der Waals surface area contributed by atoms with Gasteiger partial charge in [0, 0.05) is 24.3 Å². The quantitative estimate of drug-likeness (QED) is 0.859. The molecule has 2 rings (SSSR count). The molecule has 0 spiro atoms. The van der Waals surface area contributed by atoms with Gasteiger partial charge in [-0.25, -0.2) is 0 Å². The Labute approximate surface area is 144 Å². The Kier molecular flexibility index (Phi) is 6.99. The average Bonchev–Trinajstić information content (AvgIpc) is 2.86. The molecule has 0 unspecified atom stereocenters. The molecule has 124 valence electrons. The van der Waals surface area contributed by atoms with Crippen molar-refractivity contribution in [1.29, 1.82) is 5.41 Å². The van der Waals surface area contributed by atoms with Crippen LogP contribution in [0.4, 0.5) is 5.69 Å². The first-order chi connectivity index (χ1) is 10.5. The second-order valence-corrected chi connectivity index (χ2v) is 5.89. The number of carbonyl (C=O) groups excluding carboxylic acids is 2. The largest absolute Gasteiger partial charge is 0.335 e. The number of hydrogen-bond donors (Lipinski definition) is 2. The van der Waals surface area contributed by atoms with E-state index in [-0.39, 0.29) is 37.3 Å². The highest BCUT2D eigenvalue weighted by atomic mass is 35.5. The molecule has 0 atom stereocenters. The number of likely N-dealkylation sites (N-methyl/N-ethyl adjacent to an activating group) is 1. The smallest absolute Gasteiger partial charge is 0.243 e. The third-order valence-corrected chi connectivity index (χ3v) is 3.84. The number of nitrogens with zero attached hydrogens (tertiary/aromatic N) is 2. The van der Waals surface area contributed by atoms with Gasteiger partial charge in [-0.15, -0.1) is 23.7 Å². The van der Waals surface area contributed by atoms with Gasteiger partial charge in [0.15, 0.2) is 4.80 Å². The second kappa shape index (κ2) is 8.50. The van der Waals surface area contributed by atoms with E-state index in [1.165, 1.54) is 16.2 Å². The number of nitrogens with one attached hydrogen (secondary N) is 2. The summed E-state index contributed by atoms with van der Waals surface area (Å²) < 4.78 is 1.54. The van der Waals surface area contributed by atoms with E-state index < -0.39 is 0 Å². The second-order valence-electron chi connectivity index (χ2n) is 5.00. The molecule has 2 N–H and O–H groups in total. The number of aromatic nitrogens is 1. The van der Waals surface area contributed by atoms with Crippen LogP contribution in [0.1, 0.15) is 5.56 Å². The zero-order valence-electron chi connectivity index (χ0n) is 12.9. The molecule has 2 amide bonds. The van der Waals surface area contributed by atoms with E-state index in [1.807, 2.05) is 31.2 Å². The first-order valence-electron chi connectivity index (χ1n) is 6.74. The van der Waals surface area contributed by atoms with Gasteiger partial charge in [-0.1, -0.05) is 17.7 Å². The molecule has 0 saturated carbocycles. The lowest BCUT2D eigenvalue weighted by molar-refractivity contribution is -0.133. The van der Waals surface area contributed by atoms with Crippen molar-refractivity contribution in [3.8, 4) is 0 Å². The number of amides is 2. The van der Waals surface area contributed by atoms with E-state index in [0.717, 1.165) is 5.56 Å². The fourth-order valence-electron chi connectivity index (χ4n) is 1.84. The maximum atomic E-state index is 12.0. The van der Waals surface area contributed by atoms with Crippen LogP contribution in [-0.4, -0.2) is 34.9 Å². The predicted octanol–water partition coefficient (Wildman–Crippen LogP) is 1.86. The van der Waals surface area contributed by atoms with Crippen LogP contribution < -0.4 is 10.1 Å². The number of thiazole rings is 1. The molecular formula is C15H19ClN4O2S. The summed E-state index contributed by atoms with van der Waals surface area (Å²) in [5.41, 5.74) is 1.82. The number of aryl methyl sites for hydroxylation is 1. The summed E-state index contributed by atoms with van der Waals surface area (Å²) in [4.78, 5) is 25.6. The summed E-state index contributed by atoms with van der Waals surface area (Å²) in [7, 11) is 1.58. The van der Waals surface area contributed by atoms with Crippen molar-refractivity contribution in [2.24, 2.45) is 0 Å². The van der Waals surface area contributed by atoms with Crippen LogP contribution in [0.15, 0.2) is 35.8 Å². The molecule has 0 fully saturated rings. The summed E-state index contributed by atoms with van der Waals surface area (Å²) >= 11 is 1.25. The van der Waals surface area contributed by atoms with Gasteiger partial charge in [0.2, 0.25) is 11.8 Å². The number of rotatable bonds is 5. The summed E-state index contributed by atoms with van der Waals surface area (Å²) in [5, 5.41) is 12.1. The van der Waals surface area contributed by atoms with Crippen LogP contribution >= 0.6 is 23.7 Å². The topological polar surface area (TPSA) is 78.2 Å². The highest BCUT2D eigenvalue weighted by Gasteiger charge is 2.13. The van der Waals surface area contributed by atoms with Crippen molar-refractivity contribution in [3.63, 3.8) is 0 Å². The zero-order valence-corrected chi connectivity index (χ0v) is 14.5. The monoisotopic (exact) mass is 354 g/mol. The molecule has 2 aromatic rings. The molecule has 0 aliphatic heterocycles. The van der Waals surface area contributed by atoms with Crippen LogP contribution in [0, 0.1) is 12.3 Å². The summed E-state index contributed by atoms with van der Waals surface area (Å²) in [6, 6.07) is 7.46. The Morgan fingerprint density at radius 3 is 2.52 bits per heavy atom. The van der Waals surface area contributed by atoms with Crippen LogP contribution in [0.2, 0.25) is 0 Å². The Balaban J connectivity index is 0.00000264. The number of halogens is 1. The highest BCUT2D eigenvalue weighted by Crippen LogP contribution is 2.08. The van der Waals surface area contributed by atoms with Crippen molar-refractivity contribution < 1.29 is 9.59 Å². The van der Waals surface area contributed by atoms with E-state index in [1.54, 1.807) is 23.2 Å². The van der Waals surface area contributed by atoms with Gasteiger partial charge >= 0.3 is 0 Å². The third kappa shape index (κ3) is 5.54. The van der Waals surface area contributed by atoms with Crippen molar-refractivity contribution in [2.45, 2.75) is 13.5 Å². The average molecular weight is 355 g/mol. The van der Waals surface area contributed by atoms with Gasteiger partial charge in [0.25, 0.3) is 0 Å². The fraction of sp³-hybridized carbons (Fsp3) is 0.267. The number of anilines is 1. The first kappa shape index (κ1) is 18.9. The molecule has 23 heavy (non-hydrogen) atoms. The molecule has 8 heteroatoms. The molecule has 1 aromatic heterocycles. The molecule has 0 saturated heterocycles. The van der Waals surface area contributed by atoms with Crippen LogP contribution in [-0.2, 0) is 16.1 Å². The third-order valence-electron chi connectivity index (χ3n) is 3.13. The fourth-order valence-corrected chi connectivity index (χ4v) is 2.43. The van der Waals surface area contributed by atoms with Gasteiger partial charge in [0.1, 0.15) is 6.54 Å². The first-order valence-corrected chi connectivity index (χ1v) is 7.62. The van der Waals surface area contributed by atoms with E-state index >= 15 is 0 Å². The van der Waals surface area contributed by atoms with Gasteiger partial charge in [0.05, 0.1) is 6.54 Å².